The molecule has 5 heteroatoms. The van der Waals surface area contributed by atoms with Crippen LogP contribution in [0.4, 0.5) is 0 Å². The van der Waals surface area contributed by atoms with Crippen molar-refractivity contribution in [3.63, 3.8) is 0 Å². The van der Waals surface area contributed by atoms with Crippen molar-refractivity contribution in [3.05, 3.63) is 24.0 Å². The Morgan fingerprint density at radius 1 is 1.17 bits per heavy atom. The van der Waals surface area contributed by atoms with Gasteiger partial charge in [0, 0.05) is 30.6 Å². The van der Waals surface area contributed by atoms with Gasteiger partial charge in [0.2, 0.25) is 0 Å². The molecule has 4 aliphatic carbocycles. The van der Waals surface area contributed by atoms with Gasteiger partial charge in [-0.1, -0.05) is 37.3 Å². The molecular formula is C24H36N2O2S. The molecule has 0 amide bonds. The average molecular weight is 417 g/mol. The van der Waals surface area contributed by atoms with Gasteiger partial charge in [-0.05, 0) is 74.5 Å². The second kappa shape index (κ2) is 6.86. The van der Waals surface area contributed by atoms with Crippen LogP contribution in [0.5, 0.6) is 0 Å². The molecule has 0 saturated heterocycles. The number of fused-ring (bicyclic) bond motifs is 5. The Morgan fingerprint density at radius 3 is 2.72 bits per heavy atom. The Morgan fingerprint density at radius 2 is 1.97 bits per heavy atom. The normalized spacial score (nSPS) is 46.6. The van der Waals surface area contributed by atoms with Crippen LogP contribution in [0.25, 0.3) is 0 Å². The molecule has 4 aliphatic rings. The predicted molar refractivity (Wildman–Crippen MR) is 117 cm³/mol. The summed E-state index contributed by atoms with van der Waals surface area (Å²) in [6.07, 6.45) is 14.7. The Hall–Kier alpha value is -0.780. The first-order chi connectivity index (χ1) is 13.8. The number of aromatic nitrogens is 2. The molecule has 0 unspecified atom stereocenters. The SMILES string of the molecule is Cn1ccnc1SC[C@]1(O)CC[C@@H]2[C@@H]3CC=C4C[C@@H](O)CC[C@]4(C)[C@H]3CC[C@@]21C. The number of rotatable bonds is 3. The van der Waals surface area contributed by atoms with E-state index in [1.54, 1.807) is 11.8 Å². The van der Waals surface area contributed by atoms with Gasteiger partial charge in [0.25, 0.3) is 0 Å². The summed E-state index contributed by atoms with van der Waals surface area (Å²) in [5, 5.41) is 23.0. The van der Waals surface area contributed by atoms with Crippen molar-refractivity contribution in [2.75, 3.05) is 5.75 Å². The summed E-state index contributed by atoms with van der Waals surface area (Å²) in [7, 11) is 2.03. The van der Waals surface area contributed by atoms with E-state index in [2.05, 4.69) is 24.9 Å². The number of thioether (sulfide) groups is 1. The fourth-order valence-corrected chi connectivity index (χ4v) is 8.91. The topological polar surface area (TPSA) is 58.3 Å². The van der Waals surface area contributed by atoms with E-state index in [0.717, 1.165) is 61.8 Å². The fourth-order valence-electron chi connectivity index (χ4n) is 7.66. The molecular weight excluding hydrogens is 380 g/mol. The quantitative estimate of drug-likeness (QED) is 0.560. The maximum atomic E-state index is 11.9. The van der Waals surface area contributed by atoms with Crippen LogP contribution < -0.4 is 0 Å². The van der Waals surface area contributed by atoms with Gasteiger partial charge in [0.05, 0.1) is 11.7 Å². The number of allylic oxidation sites excluding steroid dienone is 1. The van der Waals surface area contributed by atoms with Crippen molar-refractivity contribution in [1.82, 2.24) is 9.55 Å². The van der Waals surface area contributed by atoms with Gasteiger partial charge in [0.15, 0.2) is 5.16 Å². The van der Waals surface area contributed by atoms with Crippen molar-refractivity contribution >= 4 is 11.8 Å². The molecule has 1 aromatic heterocycles. The molecule has 1 aromatic rings. The lowest BCUT2D eigenvalue weighted by Crippen LogP contribution is -2.55. The Labute approximate surface area is 179 Å². The molecule has 0 bridgehead atoms. The third-order valence-corrected chi connectivity index (χ3v) is 10.9. The lowest BCUT2D eigenvalue weighted by atomic mass is 9.47. The fraction of sp³-hybridized carbons (Fsp3) is 0.792. The van der Waals surface area contributed by atoms with Crippen molar-refractivity contribution in [2.45, 2.75) is 82.1 Å². The molecule has 0 aliphatic heterocycles. The highest BCUT2D eigenvalue weighted by Gasteiger charge is 2.63. The van der Waals surface area contributed by atoms with Crippen LogP contribution in [-0.2, 0) is 7.05 Å². The number of hydrogen-bond acceptors (Lipinski definition) is 4. The maximum absolute atomic E-state index is 11.9. The lowest BCUT2D eigenvalue weighted by Gasteiger charge is -2.59. The first-order valence-corrected chi connectivity index (χ1v) is 12.5. The van der Waals surface area contributed by atoms with E-state index >= 15 is 0 Å². The molecule has 0 radical (unpaired) electrons. The number of imidazole rings is 1. The van der Waals surface area contributed by atoms with Crippen LogP contribution in [0.15, 0.2) is 29.2 Å². The zero-order valence-corrected chi connectivity index (χ0v) is 18.9. The second-order valence-electron chi connectivity index (χ2n) is 10.8. The van der Waals surface area contributed by atoms with Crippen molar-refractivity contribution in [3.8, 4) is 0 Å². The molecule has 29 heavy (non-hydrogen) atoms. The largest absolute Gasteiger partial charge is 0.393 e. The zero-order valence-electron chi connectivity index (χ0n) is 18.1. The first-order valence-electron chi connectivity index (χ1n) is 11.5. The molecule has 0 aromatic carbocycles. The van der Waals surface area contributed by atoms with Crippen molar-refractivity contribution in [1.29, 1.82) is 0 Å². The monoisotopic (exact) mass is 416 g/mol. The van der Waals surface area contributed by atoms with E-state index in [4.69, 9.17) is 0 Å². The minimum Gasteiger partial charge on any atom is -0.393 e. The Balaban J connectivity index is 1.39. The van der Waals surface area contributed by atoms with Gasteiger partial charge in [0.1, 0.15) is 0 Å². The van der Waals surface area contributed by atoms with Crippen LogP contribution in [-0.4, -0.2) is 37.2 Å². The van der Waals surface area contributed by atoms with Gasteiger partial charge in [-0.15, -0.1) is 0 Å². The van der Waals surface area contributed by atoms with Crippen LogP contribution in [0.2, 0.25) is 0 Å². The second-order valence-corrected chi connectivity index (χ2v) is 11.7. The van der Waals surface area contributed by atoms with Crippen LogP contribution >= 0.6 is 11.8 Å². The van der Waals surface area contributed by atoms with E-state index < -0.39 is 5.60 Å². The first kappa shape index (κ1) is 20.1. The molecule has 0 spiro atoms. The summed E-state index contributed by atoms with van der Waals surface area (Å²) in [4.78, 5) is 4.45. The van der Waals surface area contributed by atoms with Gasteiger partial charge in [-0.25, -0.2) is 4.98 Å². The average Bonchev–Trinajstić information content (AvgIpc) is 3.22. The van der Waals surface area contributed by atoms with Crippen LogP contribution in [0.3, 0.4) is 0 Å². The third-order valence-electron chi connectivity index (χ3n) is 9.62. The Kier molecular flexibility index (Phi) is 4.77. The van der Waals surface area contributed by atoms with Crippen LogP contribution in [0, 0.1) is 28.6 Å². The lowest BCUT2D eigenvalue weighted by molar-refractivity contribution is -0.113. The van der Waals surface area contributed by atoms with E-state index in [9.17, 15) is 10.2 Å². The smallest absolute Gasteiger partial charge is 0.167 e. The van der Waals surface area contributed by atoms with Gasteiger partial charge in [-0.3, -0.25) is 0 Å². The maximum Gasteiger partial charge on any atom is 0.167 e. The number of aryl methyl sites for hydroxylation is 1. The van der Waals surface area contributed by atoms with Crippen LogP contribution in [0.1, 0.15) is 65.2 Å². The van der Waals surface area contributed by atoms with Crippen molar-refractivity contribution < 1.29 is 10.2 Å². The molecule has 5 rings (SSSR count). The highest BCUT2D eigenvalue weighted by Crippen LogP contribution is 2.67. The van der Waals surface area contributed by atoms with E-state index in [0.29, 0.717) is 11.8 Å². The molecule has 3 fully saturated rings. The number of aliphatic hydroxyl groups excluding tert-OH is 1. The molecule has 1 heterocycles. The predicted octanol–water partition coefficient (Wildman–Crippen LogP) is 4.57. The molecule has 3 saturated carbocycles. The number of nitrogens with zero attached hydrogens (tertiary/aromatic N) is 2. The minimum atomic E-state index is -0.604. The van der Waals surface area contributed by atoms with Gasteiger partial charge >= 0.3 is 0 Å². The standard InChI is InChI=1S/C24H36N2O2S/c1-22-9-6-17(27)14-16(22)4-5-18-19(22)7-10-23(2)20(18)8-11-24(23,28)15-29-21-25-12-13-26(21)3/h4,12-13,17-20,27-28H,5-11,14-15H2,1-3H3/t17-,18+,19-,20+,22-,23-,24+/m0/s1. The minimum absolute atomic E-state index is 0.00220. The summed E-state index contributed by atoms with van der Waals surface area (Å²) in [6.45, 7) is 4.86. The summed E-state index contributed by atoms with van der Waals surface area (Å²) in [6, 6.07) is 0. The summed E-state index contributed by atoms with van der Waals surface area (Å²) in [5.41, 5.74) is 1.20. The highest BCUT2D eigenvalue weighted by molar-refractivity contribution is 7.99. The molecule has 7 atom stereocenters. The third kappa shape index (κ3) is 2.90. The zero-order chi connectivity index (χ0) is 20.4. The van der Waals surface area contributed by atoms with Gasteiger partial charge in [-0.2, -0.15) is 0 Å². The summed E-state index contributed by atoms with van der Waals surface area (Å²) >= 11 is 1.71. The Bertz CT molecular complexity index is 822. The highest BCUT2D eigenvalue weighted by atomic mass is 32.2. The van der Waals surface area contributed by atoms with E-state index in [1.165, 1.54) is 12.0 Å². The molecule has 160 valence electrons. The number of aliphatic hydroxyl groups is 2. The van der Waals surface area contributed by atoms with Crippen molar-refractivity contribution in [2.24, 2.45) is 35.6 Å². The van der Waals surface area contributed by atoms with E-state index in [-0.39, 0.29) is 16.9 Å². The molecule has 2 N–H and O–H groups in total. The van der Waals surface area contributed by atoms with Gasteiger partial charge < -0.3 is 14.8 Å². The summed E-state index contributed by atoms with van der Waals surface area (Å²) < 4.78 is 2.05. The van der Waals surface area contributed by atoms with E-state index in [1.807, 2.05) is 24.0 Å². The summed E-state index contributed by atoms with van der Waals surface area (Å²) in [5.74, 6) is 2.75. The number of hydrogen-bond donors (Lipinski definition) is 2. The molecule has 4 nitrogen and oxygen atoms in total.